The van der Waals surface area contributed by atoms with E-state index in [1.807, 2.05) is 18.2 Å². The van der Waals surface area contributed by atoms with Gasteiger partial charge in [-0.05, 0) is 31.0 Å². The van der Waals surface area contributed by atoms with Crippen molar-refractivity contribution in [2.75, 3.05) is 6.79 Å². The number of nitrogens with one attached hydrogen (secondary N) is 1. The molecule has 1 aliphatic carbocycles. The van der Waals surface area contributed by atoms with Gasteiger partial charge >= 0.3 is 5.97 Å². The lowest BCUT2D eigenvalue weighted by molar-refractivity contribution is -0.142. The van der Waals surface area contributed by atoms with E-state index in [4.69, 9.17) is 9.47 Å². The van der Waals surface area contributed by atoms with Crippen LogP contribution >= 0.6 is 11.3 Å². The van der Waals surface area contributed by atoms with Crippen LogP contribution in [-0.2, 0) is 4.79 Å². The maximum Gasteiger partial charge on any atom is 0.308 e. The summed E-state index contributed by atoms with van der Waals surface area (Å²) >= 11 is 1.27. The van der Waals surface area contributed by atoms with Crippen molar-refractivity contribution in [2.24, 2.45) is 5.92 Å². The normalized spacial score (nSPS) is 21.3. The molecule has 1 aromatic carbocycles. The van der Waals surface area contributed by atoms with Gasteiger partial charge in [-0.3, -0.25) is 9.59 Å². The molecule has 2 atom stereocenters. The van der Waals surface area contributed by atoms with Gasteiger partial charge in [-0.25, -0.2) is 4.98 Å². The van der Waals surface area contributed by atoms with Crippen LogP contribution in [0.5, 0.6) is 11.5 Å². The Morgan fingerprint density at radius 3 is 2.92 bits per heavy atom. The number of hydrogen-bond acceptors (Lipinski definition) is 6. The number of carboxylic acid groups (broad SMARTS) is 1. The van der Waals surface area contributed by atoms with Crippen LogP contribution in [0.15, 0.2) is 24.4 Å². The van der Waals surface area contributed by atoms with Crippen LogP contribution in [-0.4, -0.2) is 34.8 Å². The molecule has 2 heterocycles. The molecule has 8 heteroatoms. The second-order valence-corrected chi connectivity index (χ2v) is 7.08. The summed E-state index contributed by atoms with van der Waals surface area (Å²) in [4.78, 5) is 28.4. The van der Waals surface area contributed by atoms with Crippen molar-refractivity contribution in [3.05, 3.63) is 29.3 Å². The second-order valence-electron chi connectivity index (χ2n) is 6.05. The molecule has 25 heavy (non-hydrogen) atoms. The lowest BCUT2D eigenvalue weighted by Gasteiger charge is -2.16. The maximum atomic E-state index is 12.4. The Kier molecular flexibility index (Phi) is 4.04. The first-order valence-electron chi connectivity index (χ1n) is 8.01. The zero-order chi connectivity index (χ0) is 17.4. The molecule has 4 rings (SSSR count). The molecule has 1 aliphatic heterocycles. The first kappa shape index (κ1) is 15.9. The fourth-order valence-electron chi connectivity index (χ4n) is 3.21. The summed E-state index contributed by atoms with van der Waals surface area (Å²) in [6.45, 7) is 0.205. The number of fused-ring (bicyclic) bond motifs is 1. The van der Waals surface area contributed by atoms with Crippen LogP contribution < -0.4 is 14.8 Å². The molecule has 2 aliphatic rings. The summed E-state index contributed by atoms with van der Waals surface area (Å²) < 4.78 is 10.6. The predicted octanol–water partition coefficient (Wildman–Crippen LogP) is 2.52. The van der Waals surface area contributed by atoms with Crippen molar-refractivity contribution in [1.82, 2.24) is 10.3 Å². The quantitative estimate of drug-likeness (QED) is 0.869. The monoisotopic (exact) mass is 360 g/mol. The standard InChI is InChI=1S/C17H16N2O5S/c20-15(19-11-3-1-2-10(11)17(21)22)14-7-18-16(25-14)9-4-5-12-13(6-9)24-8-23-12/h4-7,10-11H,1-3,8H2,(H,19,20)(H,21,22)/t10-,11+/m1/s1. The number of carbonyl (C=O) groups excluding carboxylic acids is 1. The van der Waals surface area contributed by atoms with Gasteiger partial charge in [0.2, 0.25) is 6.79 Å². The summed E-state index contributed by atoms with van der Waals surface area (Å²) in [6.07, 6.45) is 3.62. The average Bonchev–Trinajstić information content (AvgIpc) is 3.33. The van der Waals surface area contributed by atoms with E-state index >= 15 is 0 Å². The number of carboxylic acids is 1. The number of carbonyl (C=O) groups is 2. The molecule has 130 valence electrons. The predicted molar refractivity (Wildman–Crippen MR) is 89.9 cm³/mol. The number of hydrogen-bond donors (Lipinski definition) is 2. The molecule has 0 bridgehead atoms. The topological polar surface area (TPSA) is 97.8 Å². The molecule has 0 radical (unpaired) electrons. The summed E-state index contributed by atoms with van der Waals surface area (Å²) in [5, 5.41) is 12.8. The maximum absolute atomic E-state index is 12.4. The van der Waals surface area contributed by atoms with Gasteiger partial charge in [0.1, 0.15) is 9.88 Å². The van der Waals surface area contributed by atoms with Crippen LogP contribution in [0.2, 0.25) is 0 Å². The van der Waals surface area contributed by atoms with Gasteiger partial charge < -0.3 is 19.9 Å². The van der Waals surface area contributed by atoms with Gasteiger partial charge in [-0.15, -0.1) is 11.3 Å². The van der Waals surface area contributed by atoms with Gasteiger partial charge in [0, 0.05) is 11.6 Å². The van der Waals surface area contributed by atoms with Crippen LogP contribution in [0.3, 0.4) is 0 Å². The van der Waals surface area contributed by atoms with Crippen molar-refractivity contribution in [3.63, 3.8) is 0 Å². The molecule has 1 saturated carbocycles. The summed E-state index contributed by atoms with van der Waals surface area (Å²) in [5.41, 5.74) is 0.845. The van der Waals surface area contributed by atoms with E-state index in [-0.39, 0.29) is 18.7 Å². The average molecular weight is 360 g/mol. The van der Waals surface area contributed by atoms with E-state index in [1.165, 1.54) is 17.5 Å². The minimum Gasteiger partial charge on any atom is -0.481 e. The largest absolute Gasteiger partial charge is 0.481 e. The number of amides is 1. The second kappa shape index (κ2) is 6.36. The lowest BCUT2D eigenvalue weighted by Crippen LogP contribution is -2.39. The Morgan fingerprint density at radius 2 is 2.08 bits per heavy atom. The van der Waals surface area contributed by atoms with Gasteiger partial charge in [0.15, 0.2) is 11.5 Å². The zero-order valence-electron chi connectivity index (χ0n) is 13.2. The van der Waals surface area contributed by atoms with Crippen molar-refractivity contribution in [1.29, 1.82) is 0 Å². The number of ether oxygens (including phenoxy) is 2. The van der Waals surface area contributed by atoms with E-state index in [9.17, 15) is 14.7 Å². The molecule has 0 spiro atoms. The molecule has 2 N–H and O–H groups in total. The van der Waals surface area contributed by atoms with E-state index in [1.54, 1.807) is 0 Å². The zero-order valence-corrected chi connectivity index (χ0v) is 14.0. The summed E-state index contributed by atoms with van der Waals surface area (Å²) in [5.74, 6) is -0.283. The highest BCUT2D eigenvalue weighted by Crippen LogP contribution is 2.37. The number of nitrogens with zero attached hydrogens (tertiary/aromatic N) is 1. The van der Waals surface area contributed by atoms with Crippen molar-refractivity contribution in [2.45, 2.75) is 25.3 Å². The van der Waals surface area contributed by atoms with E-state index < -0.39 is 11.9 Å². The number of thiazole rings is 1. The van der Waals surface area contributed by atoms with E-state index in [0.717, 1.165) is 12.0 Å². The first-order valence-corrected chi connectivity index (χ1v) is 8.83. The summed E-state index contributed by atoms with van der Waals surface area (Å²) in [6, 6.07) is 5.20. The van der Waals surface area contributed by atoms with E-state index in [2.05, 4.69) is 10.3 Å². The molecule has 1 aromatic heterocycles. The minimum atomic E-state index is -0.854. The molecule has 7 nitrogen and oxygen atoms in total. The fraction of sp³-hybridized carbons (Fsp3) is 0.353. The third-order valence-electron chi connectivity index (χ3n) is 4.50. The van der Waals surface area contributed by atoms with Crippen molar-refractivity contribution >= 4 is 23.2 Å². The van der Waals surface area contributed by atoms with Crippen LogP contribution in [0.1, 0.15) is 28.9 Å². The Balaban J connectivity index is 1.49. The van der Waals surface area contributed by atoms with Gasteiger partial charge in [-0.1, -0.05) is 6.42 Å². The Hall–Kier alpha value is -2.61. The number of aromatic nitrogens is 1. The van der Waals surface area contributed by atoms with Crippen LogP contribution in [0, 0.1) is 5.92 Å². The number of aliphatic carboxylic acids is 1. The number of rotatable bonds is 4. The van der Waals surface area contributed by atoms with E-state index in [0.29, 0.717) is 34.2 Å². The summed E-state index contributed by atoms with van der Waals surface area (Å²) in [7, 11) is 0. The molecular weight excluding hydrogens is 344 g/mol. The molecule has 2 aromatic rings. The molecule has 0 saturated heterocycles. The van der Waals surface area contributed by atoms with Crippen LogP contribution in [0.4, 0.5) is 0 Å². The highest BCUT2D eigenvalue weighted by Gasteiger charge is 2.34. The molecule has 1 amide bonds. The third kappa shape index (κ3) is 3.05. The molecular formula is C17H16N2O5S. The first-order chi connectivity index (χ1) is 12.1. The van der Waals surface area contributed by atoms with Crippen molar-refractivity contribution < 1.29 is 24.2 Å². The smallest absolute Gasteiger partial charge is 0.308 e. The van der Waals surface area contributed by atoms with Crippen LogP contribution in [0.25, 0.3) is 10.6 Å². The molecule has 1 fully saturated rings. The Labute approximate surface area is 147 Å². The van der Waals surface area contributed by atoms with Gasteiger partial charge in [-0.2, -0.15) is 0 Å². The highest BCUT2D eigenvalue weighted by atomic mass is 32.1. The van der Waals surface area contributed by atoms with Gasteiger partial charge in [0.25, 0.3) is 5.91 Å². The minimum absolute atomic E-state index is 0.205. The van der Waals surface area contributed by atoms with Crippen molar-refractivity contribution in [3.8, 4) is 22.1 Å². The SMILES string of the molecule is O=C(N[C@H]1CCC[C@H]1C(=O)O)c1cnc(-c2ccc3c(c2)OCO3)s1. The fourth-order valence-corrected chi connectivity index (χ4v) is 4.03. The van der Waals surface area contributed by atoms with Gasteiger partial charge in [0.05, 0.1) is 12.1 Å². The Bertz CT molecular complexity index is 834. The third-order valence-corrected chi connectivity index (χ3v) is 5.54. The lowest BCUT2D eigenvalue weighted by atomic mass is 10.0. The highest BCUT2D eigenvalue weighted by molar-refractivity contribution is 7.16. The Morgan fingerprint density at radius 1 is 1.24 bits per heavy atom. The number of benzene rings is 1. The molecule has 0 unspecified atom stereocenters.